The first kappa shape index (κ1) is 13.9. The fourth-order valence-corrected chi connectivity index (χ4v) is 0.869. The number of amides is 1. The molecule has 0 saturated heterocycles. The second-order valence-corrected chi connectivity index (χ2v) is 2.94. The summed E-state index contributed by atoms with van der Waals surface area (Å²) in [5.41, 5.74) is 0. The van der Waals surface area contributed by atoms with Crippen LogP contribution in [0.2, 0.25) is 0 Å². The molecule has 0 aromatic carbocycles. The van der Waals surface area contributed by atoms with Crippen molar-refractivity contribution in [3.63, 3.8) is 0 Å². The van der Waals surface area contributed by atoms with Gasteiger partial charge in [-0.05, 0) is 6.42 Å². The molecule has 1 atom stereocenters. The zero-order valence-corrected chi connectivity index (χ0v) is 8.73. The SMILES string of the molecule is CC(=O)OCC(=O)N[C@@H](CCC#N)C(=O)O. The molecule has 0 aliphatic carbocycles. The van der Waals surface area contributed by atoms with Crippen LogP contribution in [0.3, 0.4) is 0 Å². The molecule has 0 unspecified atom stereocenters. The number of nitriles is 1. The summed E-state index contributed by atoms with van der Waals surface area (Å²) >= 11 is 0. The molecule has 7 nitrogen and oxygen atoms in total. The Hall–Kier alpha value is -2.10. The Morgan fingerprint density at radius 2 is 2.12 bits per heavy atom. The molecule has 0 radical (unpaired) electrons. The molecule has 88 valence electrons. The molecule has 7 heteroatoms. The van der Waals surface area contributed by atoms with Gasteiger partial charge < -0.3 is 15.2 Å². The molecule has 0 aliphatic rings. The van der Waals surface area contributed by atoms with Gasteiger partial charge >= 0.3 is 11.9 Å². The minimum atomic E-state index is -1.23. The molecule has 1 amide bonds. The molecule has 0 saturated carbocycles. The quantitative estimate of drug-likeness (QED) is 0.587. The third kappa shape index (κ3) is 6.37. The molecule has 0 aromatic rings. The number of nitrogens with one attached hydrogen (secondary N) is 1. The molecule has 0 heterocycles. The molecule has 0 aliphatic heterocycles. The molecule has 0 bridgehead atoms. The van der Waals surface area contributed by atoms with Crippen molar-refractivity contribution in [2.75, 3.05) is 6.61 Å². The number of carboxylic acid groups (broad SMARTS) is 1. The standard InChI is InChI=1S/C9H12N2O5/c1-6(12)16-5-8(13)11-7(9(14)15)3-2-4-10/h7H,2-3,5H2,1H3,(H,11,13)(H,14,15)/t7-/m0/s1. The molecule has 2 N–H and O–H groups in total. The Morgan fingerprint density at radius 1 is 1.50 bits per heavy atom. The summed E-state index contributed by atoms with van der Waals surface area (Å²) in [6, 6.07) is 0.640. The number of nitrogens with zero attached hydrogens (tertiary/aromatic N) is 1. The number of hydrogen-bond donors (Lipinski definition) is 2. The third-order valence-corrected chi connectivity index (χ3v) is 1.58. The van der Waals surface area contributed by atoms with E-state index in [-0.39, 0.29) is 12.8 Å². The first-order chi connectivity index (χ1) is 7.47. The molecule has 16 heavy (non-hydrogen) atoms. The van der Waals surface area contributed by atoms with Crippen molar-refractivity contribution < 1.29 is 24.2 Å². The Bertz CT molecular complexity index is 320. The van der Waals surface area contributed by atoms with E-state index in [0.29, 0.717) is 0 Å². The largest absolute Gasteiger partial charge is 0.480 e. The van der Waals surface area contributed by atoms with Crippen LogP contribution in [-0.2, 0) is 19.1 Å². The van der Waals surface area contributed by atoms with Crippen LogP contribution in [-0.4, -0.2) is 35.6 Å². The maximum atomic E-state index is 11.1. The number of esters is 1. The van der Waals surface area contributed by atoms with Crippen molar-refractivity contribution in [3.8, 4) is 6.07 Å². The summed E-state index contributed by atoms with van der Waals surface area (Å²) in [5.74, 6) is -2.56. The topological polar surface area (TPSA) is 116 Å². The van der Waals surface area contributed by atoms with E-state index in [1.807, 2.05) is 0 Å². The second-order valence-electron chi connectivity index (χ2n) is 2.94. The van der Waals surface area contributed by atoms with Crippen LogP contribution in [0.4, 0.5) is 0 Å². The van der Waals surface area contributed by atoms with Crippen LogP contribution in [0.5, 0.6) is 0 Å². The number of carboxylic acids is 1. The van der Waals surface area contributed by atoms with E-state index in [0.717, 1.165) is 6.92 Å². The van der Waals surface area contributed by atoms with Gasteiger partial charge in [0.05, 0.1) is 6.07 Å². The van der Waals surface area contributed by atoms with Crippen molar-refractivity contribution in [1.29, 1.82) is 5.26 Å². The molecular weight excluding hydrogens is 216 g/mol. The number of rotatable bonds is 6. The van der Waals surface area contributed by atoms with Crippen molar-refractivity contribution >= 4 is 17.8 Å². The number of carbonyl (C=O) groups is 3. The van der Waals surface area contributed by atoms with Gasteiger partial charge in [0, 0.05) is 13.3 Å². The fourth-order valence-electron chi connectivity index (χ4n) is 0.869. The summed E-state index contributed by atoms with van der Waals surface area (Å²) in [7, 11) is 0. The van der Waals surface area contributed by atoms with Crippen LogP contribution < -0.4 is 5.32 Å². The summed E-state index contributed by atoms with van der Waals surface area (Å²) in [4.78, 5) is 32.1. The summed E-state index contributed by atoms with van der Waals surface area (Å²) < 4.78 is 4.38. The Labute approximate surface area is 92.0 Å². The zero-order chi connectivity index (χ0) is 12.6. The van der Waals surface area contributed by atoms with Crippen LogP contribution in [0.1, 0.15) is 19.8 Å². The summed E-state index contributed by atoms with van der Waals surface area (Å²) in [6.07, 6.45) is 0.0302. The van der Waals surface area contributed by atoms with E-state index < -0.39 is 30.5 Å². The van der Waals surface area contributed by atoms with Gasteiger partial charge in [0.15, 0.2) is 6.61 Å². The third-order valence-electron chi connectivity index (χ3n) is 1.58. The molecule has 0 fully saturated rings. The van der Waals surface area contributed by atoms with Crippen molar-refractivity contribution in [2.45, 2.75) is 25.8 Å². The number of aliphatic carboxylic acids is 1. The highest BCUT2D eigenvalue weighted by molar-refractivity contribution is 5.85. The molecular formula is C9H12N2O5. The fraction of sp³-hybridized carbons (Fsp3) is 0.556. The molecule has 0 rings (SSSR count). The highest BCUT2D eigenvalue weighted by atomic mass is 16.5. The van der Waals surface area contributed by atoms with E-state index in [2.05, 4.69) is 10.1 Å². The lowest BCUT2D eigenvalue weighted by molar-refractivity contribution is -0.148. The smallest absolute Gasteiger partial charge is 0.326 e. The molecule has 0 spiro atoms. The van der Waals surface area contributed by atoms with Gasteiger partial charge in [-0.25, -0.2) is 4.79 Å². The highest BCUT2D eigenvalue weighted by Gasteiger charge is 2.19. The van der Waals surface area contributed by atoms with E-state index in [4.69, 9.17) is 10.4 Å². The summed E-state index contributed by atoms with van der Waals surface area (Å²) in [6.45, 7) is 0.614. The summed E-state index contributed by atoms with van der Waals surface area (Å²) in [5, 5.41) is 19.1. The Balaban J connectivity index is 4.08. The van der Waals surface area contributed by atoms with Gasteiger partial charge in [0.2, 0.25) is 0 Å². The highest BCUT2D eigenvalue weighted by Crippen LogP contribution is 1.96. The van der Waals surface area contributed by atoms with E-state index in [9.17, 15) is 14.4 Å². The Kier molecular flexibility index (Phi) is 6.28. The van der Waals surface area contributed by atoms with Crippen LogP contribution in [0.15, 0.2) is 0 Å². The van der Waals surface area contributed by atoms with E-state index in [1.54, 1.807) is 6.07 Å². The van der Waals surface area contributed by atoms with E-state index >= 15 is 0 Å². The van der Waals surface area contributed by atoms with Gasteiger partial charge in [0.25, 0.3) is 5.91 Å². The Morgan fingerprint density at radius 3 is 2.56 bits per heavy atom. The number of hydrogen-bond acceptors (Lipinski definition) is 5. The predicted octanol–water partition coefficient (Wildman–Crippen LogP) is -0.577. The normalized spacial score (nSPS) is 11.0. The number of carbonyl (C=O) groups excluding carboxylic acids is 2. The average Bonchev–Trinajstić information content (AvgIpc) is 2.20. The van der Waals surface area contributed by atoms with Gasteiger partial charge in [-0.2, -0.15) is 5.26 Å². The maximum absolute atomic E-state index is 11.1. The zero-order valence-electron chi connectivity index (χ0n) is 8.73. The predicted molar refractivity (Wildman–Crippen MR) is 51.0 cm³/mol. The van der Waals surface area contributed by atoms with Crippen LogP contribution in [0.25, 0.3) is 0 Å². The monoisotopic (exact) mass is 228 g/mol. The molecule has 0 aromatic heterocycles. The second kappa shape index (κ2) is 7.23. The minimum Gasteiger partial charge on any atom is -0.480 e. The lowest BCUT2D eigenvalue weighted by atomic mass is 10.1. The van der Waals surface area contributed by atoms with Crippen molar-refractivity contribution in [2.24, 2.45) is 0 Å². The van der Waals surface area contributed by atoms with Crippen molar-refractivity contribution in [3.05, 3.63) is 0 Å². The lowest BCUT2D eigenvalue weighted by Gasteiger charge is -2.12. The van der Waals surface area contributed by atoms with E-state index in [1.165, 1.54) is 0 Å². The van der Waals surface area contributed by atoms with Crippen LogP contribution in [0, 0.1) is 11.3 Å². The van der Waals surface area contributed by atoms with Crippen molar-refractivity contribution in [1.82, 2.24) is 5.32 Å². The maximum Gasteiger partial charge on any atom is 0.326 e. The van der Waals surface area contributed by atoms with Gasteiger partial charge in [-0.15, -0.1) is 0 Å². The first-order valence-corrected chi connectivity index (χ1v) is 4.50. The van der Waals surface area contributed by atoms with Gasteiger partial charge in [0.1, 0.15) is 6.04 Å². The number of ether oxygens (including phenoxy) is 1. The average molecular weight is 228 g/mol. The minimum absolute atomic E-state index is 0.0116. The lowest BCUT2D eigenvalue weighted by Crippen LogP contribution is -2.42. The first-order valence-electron chi connectivity index (χ1n) is 4.50. The van der Waals surface area contributed by atoms with Gasteiger partial charge in [-0.1, -0.05) is 0 Å². The van der Waals surface area contributed by atoms with Gasteiger partial charge in [-0.3, -0.25) is 9.59 Å². The van der Waals surface area contributed by atoms with Crippen LogP contribution >= 0.6 is 0 Å².